The summed E-state index contributed by atoms with van der Waals surface area (Å²) < 4.78 is 0. The molecule has 0 fully saturated rings. The van der Waals surface area contributed by atoms with E-state index in [2.05, 4.69) is 41.2 Å². The average Bonchev–Trinajstić information content (AvgIpc) is 2.77. The van der Waals surface area contributed by atoms with Crippen LogP contribution in [0.3, 0.4) is 0 Å². The molecule has 0 spiro atoms. The van der Waals surface area contributed by atoms with Gasteiger partial charge in [0.25, 0.3) is 0 Å². The van der Waals surface area contributed by atoms with Crippen molar-refractivity contribution in [3.8, 4) is 11.3 Å². The van der Waals surface area contributed by atoms with Gasteiger partial charge in [0.2, 0.25) is 5.13 Å². The highest BCUT2D eigenvalue weighted by molar-refractivity contribution is 7.13. The maximum atomic E-state index is 5.30. The van der Waals surface area contributed by atoms with E-state index in [-0.39, 0.29) is 5.96 Å². The maximum Gasteiger partial charge on any atom is 0.212 e. The van der Waals surface area contributed by atoms with E-state index in [1.165, 1.54) is 16.9 Å². The molecule has 1 aromatic carbocycles. The van der Waals surface area contributed by atoms with Crippen molar-refractivity contribution in [3.63, 3.8) is 0 Å². The number of rotatable bonds is 3. The second kappa shape index (κ2) is 4.97. The summed E-state index contributed by atoms with van der Waals surface area (Å²) in [5.41, 5.74) is 13.9. The van der Waals surface area contributed by atoms with Crippen LogP contribution in [0.25, 0.3) is 11.3 Å². The number of aromatic nitrogens is 1. The van der Waals surface area contributed by atoms with Gasteiger partial charge in [0.05, 0.1) is 5.69 Å². The molecule has 17 heavy (non-hydrogen) atoms. The Hall–Kier alpha value is -1.88. The van der Waals surface area contributed by atoms with Gasteiger partial charge in [-0.3, -0.25) is 0 Å². The van der Waals surface area contributed by atoms with Crippen molar-refractivity contribution in [2.24, 2.45) is 16.5 Å². The van der Waals surface area contributed by atoms with Crippen molar-refractivity contribution in [1.82, 2.24) is 4.98 Å². The van der Waals surface area contributed by atoms with Gasteiger partial charge in [0.15, 0.2) is 5.96 Å². The molecule has 1 aromatic heterocycles. The molecule has 88 valence electrons. The van der Waals surface area contributed by atoms with Gasteiger partial charge in [-0.2, -0.15) is 4.99 Å². The number of thiazole rings is 1. The molecule has 0 aliphatic rings. The molecule has 0 unspecified atom stereocenters. The fourth-order valence-corrected chi connectivity index (χ4v) is 2.18. The molecule has 4 N–H and O–H groups in total. The molecule has 0 aliphatic carbocycles. The van der Waals surface area contributed by atoms with E-state index in [9.17, 15) is 0 Å². The largest absolute Gasteiger partial charge is 0.370 e. The highest BCUT2D eigenvalue weighted by Gasteiger charge is 2.03. The van der Waals surface area contributed by atoms with Crippen LogP contribution < -0.4 is 11.5 Å². The van der Waals surface area contributed by atoms with Crippen LogP contribution in [-0.2, 0) is 6.42 Å². The summed E-state index contributed by atoms with van der Waals surface area (Å²) in [6, 6.07) is 8.34. The molecule has 2 rings (SSSR count). The number of nitrogens with zero attached hydrogens (tertiary/aromatic N) is 2. The molecule has 0 saturated carbocycles. The first-order chi connectivity index (χ1) is 8.19. The number of aryl methyl sites for hydroxylation is 1. The first-order valence-corrected chi connectivity index (χ1v) is 6.21. The highest BCUT2D eigenvalue weighted by atomic mass is 32.1. The van der Waals surface area contributed by atoms with E-state index in [0.717, 1.165) is 17.7 Å². The zero-order valence-electron chi connectivity index (χ0n) is 9.55. The van der Waals surface area contributed by atoms with Crippen molar-refractivity contribution in [2.75, 3.05) is 0 Å². The molecule has 4 nitrogen and oxygen atoms in total. The molecule has 0 atom stereocenters. The van der Waals surface area contributed by atoms with E-state index in [1.54, 1.807) is 0 Å². The molecule has 0 bridgehead atoms. The summed E-state index contributed by atoms with van der Waals surface area (Å²) >= 11 is 1.42. The number of aliphatic imine (C=N–C) groups is 1. The third-order valence-corrected chi connectivity index (χ3v) is 3.11. The molecule has 0 amide bonds. The Labute approximate surface area is 104 Å². The van der Waals surface area contributed by atoms with Gasteiger partial charge < -0.3 is 11.5 Å². The molecule has 5 heteroatoms. The van der Waals surface area contributed by atoms with Crippen LogP contribution in [0.4, 0.5) is 5.13 Å². The van der Waals surface area contributed by atoms with Crippen LogP contribution in [0.1, 0.15) is 12.5 Å². The lowest BCUT2D eigenvalue weighted by Gasteiger charge is -1.98. The number of hydrogen-bond acceptors (Lipinski definition) is 3. The summed E-state index contributed by atoms with van der Waals surface area (Å²) in [6.45, 7) is 2.13. The minimum absolute atomic E-state index is 0.0345. The van der Waals surface area contributed by atoms with Crippen molar-refractivity contribution in [1.29, 1.82) is 0 Å². The number of nitrogens with two attached hydrogens (primary N) is 2. The zero-order valence-corrected chi connectivity index (χ0v) is 10.4. The minimum atomic E-state index is 0.0345. The quantitative estimate of drug-likeness (QED) is 0.644. The van der Waals surface area contributed by atoms with Crippen LogP contribution in [0.2, 0.25) is 0 Å². The van der Waals surface area contributed by atoms with E-state index in [0.29, 0.717) is 5.13 Å². The predicted molar refractivity (Wildman–Crippen MR) is 72.4 cm³/mol. The Balaban J connectivity index is 2.27. The van der Waals surface area contributed by atoms with E-state index >= 15 is 0 Å². The monoisotopic (exact) mass is 246 g/mol. The Morgan fingerprint density at radius 2 is 2.00 bits per heavy atom. The van der Waals surface area contributed by atoms with Gasteiger partial charge >= 0.3 is 0 Å². The summed E-state index contributed by atoms with van der Waals surface area (Å²) in [5, 5.41) is 2.53. The summed E-state index contributed by atoms with van der Waals surface area (Å²) in [4.78, 5) is 8.27. The third-order valence-electron chi connectivity index (χ3n) is 2.37. The summed E-state index contributed by atoms with van der Waals surface area (Å²) in [7, 11) is 0. The number of hydrogen-bond donors (Lipinski definition) is 2. The third kappa shape index (κ3) is 2.82. The van der Waals surface area contributed by atoms with Crippen LogP contribution in [0.15, 0.2) is 34.6 Å². The van der Waals surface area contributed by atoms with Crippen LogP contribution in [0, 0.1) is 0 Å². The van der Waals surface area contributed by atoms with Crippen LogP contribution in [-0.4, -0.2) is 10.9 Å². The molecular weight excluding hydrogens is 232 g/mol. The lowest BCUT2D eigenvalue weighted by atomic mass is 10.1. The Morgan fingerprint density at radius 3 is 2.59 bits per heavy atom. The van der Waals surface area contributed by atoms with E-state index in [1.807, 2.05) is 5.38 Å². The molecule has 0 saturated heterocycles. The minimum Gasteiger partial charge on any atom is -0.370 e. The van der Waals surface area contributed by atoms with Gasteiger partial charge in [-0.25, -0.2) is 4.98 Å². The van der Waals surface area contributed by atoms with Gasteiger partial charge in [0, 0.05) is 10.9 Å². The number of guanidine groups is 1. The predicted octanol–water partition coefficient (Wildman–Crippen LogP) is 2.28. The lowest BCUT2D eigenvalue weighted by Crippen LogP contribution is -2.21. The topological polar surface area (TPSA) is 77.3 Å². The Kier molecular flexibility index (Phi) is 3.39. The standard InChI is InChI=1S/C12H14N4S/c1-2-8-3-5-9(6-4-8)10-7-17-12(15-10)16-11(13)14/h3-7H,2H2,1H3,(H4,13,14,15,16). The lowest BCUT2D eigenvalue weighted by molar-refractivity contribution is 1.14. The molecule has 0 aliphatic heterocycles. The van der Waals surface area contributed by atoms with Gasteiger partial charge in [-0.1, -0.05) is 31.2 Å². The molecule has 0 radical (unpaired) electrons. The van der Waals surface area contributed by atoms with Crippen molar-refractivity contribution >= 4 is 22.4 Å². The normalized spacial score (nSPS) is 10.2. The van der Waals surface area contributed by atoms with Crippen molar-refractivity contribution in [2.45, 2.75) is 13.3 Å². The van der Waals surface area contributed by atoms with Gasteiger partial charge in [-0.15, -0.1) is 11.3 Å². The molecule has 2 aromatic rings. The highest BCUT2D eigenvalue weighted by Crippen LogP contribution is 2.26. The Bertz CT molecular complexity index is 524. The second-order valence-electron chi connectivity index (χ2n) is 3.60. The van der Waals surface area contributed by atoms with E-state index in [4.69, 9.17) is 11.5 Å². The fourth-order valence-electron chi connectivity index (χ4n) is 1.47. The summed E-state index contributed by atoms with van der Waals surface area (Å²) in [5.74, 6) is 0.0345. The van der Waals surface area contributed by atoms with Crippen molar-refractivity contribution in [3.05, 3.63) is 35.2 Å². The Morgan fingerprint density at radius 1 is 1.29 bits per heavy atom. The smallest absolute Gasteiger partial charge is 0.212 e. The van der Waals surface area contributed by atoms with Crippen LogP contribution >= 0.6 is 11.3 Å². The average molecular weight is 246 g/mol. The summed E-state index contributed by atoms with van der Waals surface area (Å²) in [6.07, 6.45) is 1.04. The maximum absolute atomic E-state index is 5.30. The van der Waals surface area contributed by atoms with Crippen LogP contribution in [0.5, 0.6) is 0 Å². The number of benzene rings is 1. The SMILES string of the molecule is CCc1ccc(-c2csc(N=C(N)N)n2)cc1. The van der Waals surface area contributed by atoms with Gasteiger partial charge in [-0.05, 0) is 12.0 Å². The van der Waals surface area contributed by atoms with Crippen molar-refractivity contribution < 1.29 is 0 Å². The first kappa shape index (κ1) is 11.6. The first-order valence-electron chi connectivity index (χ1n) is 5.33. The zero-order chi connectivity index (χ0) is 12.3. The molecular formula is C12H14N4S. The fraction of sp³-hybridized carbons (Fsp3) is 0.167. The molecule has 1 heterocycles. The van der Waals surface area contributed by atoms with Gasteiger partial charge in [0.1, 0.15) is 0 Å². The van der Waals surface area contributed by atoms with E-state index < -0.39 is 0 Å². The second-order valence-corrected chi connectivity index (χ2v) is 4.44.